The zero-order valence-electron chi connectivity index (χ0n) is 12.9. The number of anilines is 1. The van der Waals surface area contributed by atoms with Crippen LogP contribution in [0.1, 0.15) is 30.0 Å². The number of nitrogens with one attached hydrogen (secondary N) is 2. The van der Waals surface area contributed by atoms with Crippen molar-refractivity contribution in [3.8, 4) is 0 Å². The van der Waals surface area contributed by atoms with Crippen LogP contribution in [0.4, 0.5) is 5.69 Å². The van der Waals surface area contributed by atoms with Crippen molar-refractivity contribution in [2.75, 3.05) is 18.8 Å². The molecule has 0 aromatic heterocycles. The maximum atomic E-state index is 12.4. The molecule has 0 aliphatic rings. The second-order valence-electron chi connectivity index (χ2n) is 4.96. The van der Waals surface area contributed by atoms with E-state index in [0.29, 0.717) is 23.4 Å². The molecule has 7 heteroatoms. The third kappa shape index (κ3) is 4.18. The number of amides is 1. The van der Waals surface area contributed by atoms with Crippen LogP contribution in [0.2, 0.25) is 0 Å². The van der Waals surface area contributed by atoms with E-state index in [1.165, 1.54) is 0 Å². The van der Waals surface area contributed by atoms with Gasteiger partial charge in [-0.05, 0) is 50.5 Å². The molecule has 0 unspecified atom stereocenters. The van der Waals surface area contributed by atoms with Crippen LogP contribution >= 0.6 is 0 Å². The quantitative estimate of drug-likeness (QED) is 0.682. The van der Waals surface area contributed by atoms with Gasteiger partial charge in [-0.1, -0.05) is 0 Å². The van der Waals surface area contributed by atoms with Gasteiger partial charge in [0.2, 0.25) is 15.9 Å². The SMILES string of the molecule is CCNC(=O)CCNS(=O)(=O)c1c(C)c(C)cc(N)c1C. The number of carbonyl (C=O) groups excluding carboxylic acids is 1. The highest BCUT2D eigenvalue weighted by molar-refractivity contribution is 7.89. The fourth-order valence-corrected chi connectivity index (χ4v) is 3.70. The average molecular weight is 313 g/mol. The molecule has 1 aromatic rings. The van der Waals surface area contributed by atoms with E-state index in [4.69, 9.17) is 5.73 Å². The Hall–Kier alpha value is -1.60. The van der Waals surface area contributed by atoms with E-state index in [1.54, 1.807) is 19.9 Å². The highest BCUT2D eigenvalue weighted by Crippen LogP contribution is 2.27. The molecule has 0 heterocycles. The van der Waals surface area contributed by atoms with Crippen LogP contribution in [-0.4, -0.2) is 27.4 Å². The lowest BCUT2D eigenvalue weighted by atomic mass is 10.1. The molecular weight excluding hydrogens is 290 g/mol. The normalized spacial score (nSPS) is 11.4. The summed E-state index contributed by atoms with van der Waals surface area (Å²) < 4.78 is 27.3. The summed E-state index contributed by atoms with van der Waals surface area (Å²) in [4.78, 5) is 11.5. The first-order valence-corrected chi connectivity index (χ1v) is 8.31. The highest BCUT2D eigenvalue weighted by atomic mass is 32.2. The maximum absolute atomic E-state index is 12.4. The van der Waals surface area contributed by atoms with Crippen LogP contribution < -0.4 is 15.8 Å². The van der Waals surface area contributed by atoms with Gasteiger partial charge in [0.1, 0.15) is 0 Å². The Labute approximate surface area is 126 Å². The van der Waals surface area contributed by atoms with Gasteiger partial charge in [0.25, 0.3) is 0 Å². The lowest BCUT2D eigenvalue weighted by Crippen LogP contribution is -2.31. The zero-order chi connectivity index (χ0) is 16.2. The van der Waals surface area contributed by atoms with Crippen LogP contribution in [0.15, 0.2) is 11.0 Å². The Balaban J connectivity index is 2.97. The third-order valence-corrected chi connectivity index (χ3v) is 5.10. The van der Waals surface area contributed by atoms with E-state index in [9.17, 15) is 13.2 Å². The summed E-state index contributed by atoms with van der Waals surface area (Å²) in [6.45, 7) is 7.64. The predicted octanol–water partition coefficient (Wildman–Crippen LogP) is 0.999. The van der Waals surface area contributed by atoms with Gasteiger partial charge in [0.15, 0.2) is 0 Å². The van der Waals surface area contributed by atoms with Gasteiger partial charge in [0, 0.05) is 25.2 Å². The molecule has 1 amide bonds. The summed E-state index contributed by atoms with van der Waals surface area (Å²) in [7, 11) is -3.69. The maximum Gasteiger partial charge on any atom is 0.241 e. The van der Waals surface area contributed by atoms with Gasteiger partial charge in [-0.3, -0.25) is 4.79 Å². The molecule has 21 heavy (non-hydrogen) atoms. The number of aryl methyl sites for hydroxylation is 1. The molecule has 0 aliphatic carbocycles. The molecule has 0 aliphatic heterocycles. The lowest BCUT2D eigenvalue weighted by Gasteiger charge is -2.15. The molecule has 6 nitrogen and oxygen atoms in total. The molecule has 118 valence electrons. The Morgan fingerprint density at radius 3 is 2.43 bits per heavy atom. The van der Waals surface area contributed by atoms with Crippen LogP contribution in [0.25, 0.3) is 0 Å². The van der Waals surface area contributed by atoms with Gasteiger partial charge in [-0.15, -0.1) is 0 Å². The zero-order valence-corrected chi connectivity index (χ0v) is 13.7. The lowest BCUT2D eigenvalue weighted by molar-refractivity contribution is -0.120. The van der Waals surface area contributed by atoms with Crippen molar-refractivity contribution in [3.05, 3.63) is 22.8 Å². The molecule has 1 rings (SSSR count). The number of hydrogen-bond donors (Lipinski definition) is 3. The van der Waals surface area contributed by atoms with Gasteiger partial charge in [0.05, 0.1) is 4.90 Å². The number of nitrogens with two attached hydrogens (primary N) is 1. The number of nitrogen functional groups attached to an aromatic ring is 1. The highest BCUT2D eigenvalue weighted by Gasteiger charge is 2.22. The minimum atomic E-state index is -3.69. The Bertz CT molecular complexity index is 613. The van der Waals surface area contributed by atoms with Crippen LogP contribution in [0.5, 0.6) is 0 Å². The average Bonchev–Trinajstić information content (AvgIpc) is 2.36. The van der Waals surface area contributed by atoms with Crippen molar-refractivity contribution >= 4 is 21.6 Å². The minimum absolute atomic E-state index is 0.0564. The van der Waals surface area contributed by atoms with Crippen LogP contribution in [-0.2, 0) is 14.8 Å². The Kier molecular flexibility index (Phi) is 5.74. The van der Waals surface area contributed by atoms with Crippen molar-refractivity contribution < 1.29 is 13.2 Å². The molecule has 0 saturated carbocycles. The van der Waals surface area contributed by atoms with E-state index in [2.05, 4.69) is 10.0 Å². The summed E-state index contributed by atoms with van der Waals surface area (Å²) in [5.74, 6) is -0.183. The van der Waals surface area contributed by atoms with E-state index in [1.807, 2.05) is 13.8 Å². The first kappa shape index (κ1) is 17.5. The summed E-state index contributed by atoms with van der Waals surface area (Å²) in [5, 5.41) is 2.62. The monoisotopic (exact) mass is 313 g/mol. The summed E-state index contributed by atoms with van der Waals surface area (Å²) in [6, 6.07) is 1.76. The molecule has 0 atom stereocenters. The van der Waals surface area contributed by atoms with Gasteiger partial charge < -0.3 is 11.1 Å². The van der Waals surface area contributed by atoms with E-state index >= 15 is 0 Å². The third-order valence-electron chi connectivity index (χ3n) is 3.36. The topological polar surface area (TPSA) is 101 Å². The largest absolute Gasteiger partial charge is 0.398 e. The van der Waals surface area contributed by atoms with Crippen LogP contribution in [0, 0.1) is 20.8 Å². The molecule has 0 saturated heterocycles. The number of benzene rings is 1. The molecule has 0 bridgehead atoms. The number of rotatable bonds is 6. The summed E-state index contributed by atoms with van der Waals surface area (Å²) in [6.07, 6.45) is 0.104. The van der Waals surface area contributed by atoms with Crippen LogP contribution in [0.3, 0.4) is 0 Å². The van der Waals surface area contributed by atoms with Gasteiger partial charge >= 0.3 is 0 Å². The molecule has 0 fully saturated rings. The van der Waals surface area contributed by atoms with Gasteiger partial charge in [-0.25, -0.2) is 13.1 Å². The van der Waals surface area contributed by atoms with Gasteiger partial charge in [-0.2, -0.15) is 0 Å². The van der Waals surface area contributed by atoms with Crippen molar-refractivity contribution in [1.82, 2.24) is 10.0 Å². The molecule has 0 radical (unpaired) electrons. The number of carbonyl (C=O) groups is 1. The summed E-state index contributed by atoms with van der Waals surface area (Å²) in [5.41, 5.74) is 8.32. The van der Waals surface area contributed by atoms with E-state index in [-0.39, 0.29) is 23.8 Å². The fraction of sp³-hybridized carbons (Fsp3) is 0.500. The number of sulfonamides is 1. The first-order valence-electron chi connectivity index (χ1n) is 6.83. The fourth-order valence-electron chi connectivity index (χ4n) is 2.10. The van der Waals surface area contributed by atoms with Crippen molar-refractivity contribution in [2.24, 2.45) is 0 Å². The van der Waals surface area contributed by atoms with Crippen molar-refractivity contribution in [1.29, 1.82) is 0 Å². The van der Waals surface area contributed by atoms with Crippen molar-refractivity contribution in [2.45, 2.75) is 39.0 Å². The Morgan fingerprint density at radius 1 is 1.24 bits per heavy atom. The molecular formula is C14H23N3O3S. The minimum Gasteiger partial charge on any atom is -0.398 e. The molecule has 0 spiro atoms. The standard InChI is InChI=1S/C14H23N3O3S/c1-5-16-13(18)6-7-17-21(19,20)14-10(3)9(2)8-12(15)11(14)4/h8,17H,5-7,15H2,1-4H3,(H,16,18). The summed E-state index contributed by atoms with van der Waals surface area (Å²) >= 11 is 0. The molecule has 1 aromatic carbocycles. The van der Waals surface area contributed by atoms with E-state index < -0.39 is 10.0 Å². The van der Waals surface area contributed by atoms with Crippen molar-refractivity contribution in [3.63, 3.8) is 0 Å². The first-order chi connectivity index (χ1) is 9.70. The number of hydrogen-bond acceptors (Lipinski definition) is 4. The smallest absolute Gasteiger partial charge is 0.241 e. The second-order valence-corrected chi connectivity index (χ2v) is 6.67. The molecule has 4 N–H and O–H groups in total. The van der Waals surface area contributed by atoms with E-state index in [0.717, 1.165) is 5.56 Å². The Morgan fingerprint density at radius 2 is 1.86 bits per heavy atom. The second kappa shape index (κ2) is 6.91. The predicted molar refractivity (Wildman–Crippen MR) is 83.6 cm³/mol.